The fraction of sp³-hybridized carbons (Fsp3) is 0.455. The van der Waals surface area contributed by atoms with Gasteiger partial charge < -0.3 is 4.74 Å². The molecule has 1 aromatic carbocycles. The lowest BCUT2D eigenvalue weighted by molar-refractivity contribution is -0.385. The smallest absolute Gasteiger partial charge is 0.272 e. The van der Waals surface area contributed by atoms with E-state index in [2.05, 4.69) is 0 Å². The van der Waals surface area contributed by atoms with Crippen LogP contribution < -0.4 is 0 Å². The molecule has 1 unspecified atom stereocenters. The number of methoxy groups -OCH3 is 1. The first kappa shape index (κ1) is 13.9. The highest BCUT2D eigenvalue weighted by Crippen LogP contribution is 2.22. The van der Waals surface area contributed by atoms with Crippen molar-refractivity contribution in [2.24, 2.45) is 0 Å². The fourth-order valence-electron chi connectivity index (χ4n) is 1.51. The maximum atomic E-state index is 13.0. The maximum Gasteiger partial charge on any atom is 0.272 e. The van der Waals surface area contributed by atoms with Gasteiger partial charge >= 0.3 is 0 Å². The van der Waals surface area contributed by atoms with Gasteiger partial charge in [0.25, 0.3) is 5.69 Å². The lowest BCUT2D eigenvalue weighted by Crippen LogP contribution is -2.09. The van der Waals surface area contributed by atoms with Crippen LogP contribution in [0.25, 0.3) is 0 Å². The van der Waals surface area contributed by atoms with Gasteiger partial charge in [-0.05, 0) is 25.0 Å². The van der Waals surface area contributed by atoms with E-state index in [1.165, 1.54) is 19.2 Å². The topological polar surface area (TPSA) is 52.4 Å². The molecule has 0 aliphatic heterocycles. The van der Waals surface area contributed by atoms with E-state index < -0.39 is 10.7 Å². The molecule has 1 aromatic rings. The molecule has 17 heavy (non-hydrogen) atoms. The van der Waals surface area contributed by atoms with Crippen molar-refractivity contribution in [2.75, 3.05) is 13.7 Å². The van der Waals surface area contributed by atoms with E-state index in [0.717, 1.165) is 6.07 Å². The third kappa shape index (κ3) is 4.28. The summed E-state index contributed by atoms with van der Waals surface area (Å²) in [4.78, 5) is 10.2. The average molecular weight is 262 g/mol. The predicted molar refractivity (Wildman–Crippen MR) is 62.9 cm³/mol. The molecule has 1 rings (SSSR count). The normalized spacial score (nSPS) is 12.4. The molecule has 94 valence electrons. The van der Waals surface area contributed by atoms with E-state index >= 15 is 0 Å². The molecule has 0 amide bonds. The number of nitrogens with zero attached hydrogens (tertiary/aromatic N) is 1. The van der Waals surface area contributed by atoms with Crippen molar-refractivity contribution >= 4 is 17.3 Å². The Balaban J connectivity index is 2.75. The maximum absolute atomic E-state index is 13.0. The van der Waals surface area contributed by atoms with Crippen LogP contribution in [0, 0.1) is 15.9 Å². The molecule has 0 spiro atoms. The zero-order valence-corrected chi connectivity index (χ0v) is 10.1. The average Bonchev–Trinajstić information content (AvgIpc) is 2.26. The molecular weight excluding hydrogens is 249 g/mol. The molecular formula is C11H13ClFNO3. The first-order valence-electron chi connectivity index (χ1n) is 5.10. The summed E-state index contributed by atoms with van der Waals surface area (Å²) in [7, 11) is 1.53. The van der Waals surface area contributed by atoms with Gasteiger partial charge in [0.1, 0.15) is 5.82 Å². The van der Waals surface area contributed by atoms with Gasteiger partial charge in [0, 0.05) is 18.7 Å². The third-order valence-electron chi connectivity index (χ3n) is 2.31. The molecule has 0 fully saturated rings. The largest absolute Gasteiger partial charge is 0.383 e. The number of benzene rings is 1. The molecule has 0 heterocycles. The van der Waals surface area contributed by atoms with Crippen molar-refractivity contribution in [3.63, 3.8) is 0 Å². The zero-order valence-electron chi connectivity index (χ0n) is 9.36. The third-order valence-corrected chi connectivity index (χ3v) is 2.66. The van der Waals surface area contributed by atoms with E-state index in [-0.39, 0.29) is 11.1 Å². The number of hydrogen-bond donors (Lipinski definition) is 0. The minimum Gasteiger partial charge on any atom is -0.383 e. The van der Waals surface area contributed by atoms with Crippen molar-refractivity contribution in [1.29, 1.82) is 0 Å². The zero-order chi connectivity index (χ0) is 12.8. The first-order valence-corrected chi connectivity index (χ1v) is 5.54. The lowest BCUT2D eigenvalue weighted by Gasteiger charge is -2.08. The molecule has 1 atom stereocenters. The lowest BCUT2D eigenvalue weighted by atomic mass is 10.1. The Morgan fingerprint density at radius 1 is 1.59 bits per heavy atom. The van der Waals surface area contributed by atoms with Crippen LogP contribution >= 0.6 is 11.6 Å². The Hall–Kier alpha value is -1.20. The van der Waals surface area contributed by atoms with Gasteiger partial charge in [-0.15, -0.1) is 11.6 Å². The Bertz CT molecular complexity index is 400. The van der Waals surface area contributed by atoms with Crippen LogP contribution in [0.5, 0.6) is 0 Å². The Morgan fingerprint density at radius 3 is 2.88 bits per heavy atom. The van der Waals surface area contributed by atoms with E-state index in [1.807, 2.05) is 0 Å². The summed E-state index contributed by atoms with van der Waals surface area (Å²) in [6.07, 6.45) is 0.852. The van der Waals surface area contributed by atoms with Gasteiger partial charge in [0.2, 0.25) is 0 Å². The Labute approximate surface area is 103 Å². The number of hydrogen-bond acceptors (Lipinski definition) is 3. The van der Waals surface area contributed by atoms with Gasteiger partial charge in [-0.1, -0.05) is 0 Å². The number of rotatable bonds is 6. The molecule has 0 saturated carbocycles. The second-order valence-corrected chi connectivity index (χ2v) is 4.24. The summed E-state index contributed by atoms with van der Waals surface area (Å²) < 4.78 is 17.9. The Morgan fingerprint density at radius 2 is 2.29 bits per heavy atom. The molecule has 0 saturated heterocycles. The number of halogens is 2. The van der Waals surface area contributed by atoms with Crippen LogP contribution in [-0.2, 0) is 11.2 Å². The van der Waals surface area contributed by atoms with Crippen molar-refractivity contribution in [3.8, 4) is 0 Å². The molecule has 0 aliphatic rings. The van der Waals surface area contributed by atoms with Crippen molar-refractivity contribution in [3.05, 3.63) is 39.7 Å². The predicted octanol–water partition coefficient (Wildman–Crippen LogP) is 2.92. The van der Waals surface area contributed by atoms with E-state index in [0.29, 0.717) is 25.0 Å². The molecule has 0 N–H and O–H groups in total. The van der Waals surface area contributed by atoms with Crippen LogP contribution in [0.3, 0.4) is 0 Å². The minimum atomic E-state index is -0.520. The molecule has 0 aliphatic carbocycles. The molecule has 6 heteroatoms. The van der Waals surface area contributed by atoms with Crippen molar-refractivity contribution in [1.82, 2.24) is 0 Å². The summed E-state index contributed by atoms with van der Waals surface area (Å²) in [6.45, 7) is 0.366. The number of alkyl halides is 1. The Kier molecular flexibility index (Phi) is 5.31. The van der Waals surface area contributed by atoms with Crippen molar-refractivity contribution < 1.29 is 14.1 Å². The van der Waals surface area contributed by atoms with Gasteiger partial charge in [-0.3, -0.25) is 10.1 Å². The van der Waals surface area contributed by atoms with Gasteiger partial charge in [0.05, 0.1) is 16.9 Å². The summed E-state index contributed by atoms with van der Waals surface area (Å²) in [5, 5.41) is 10.5. The fourth-order valence-corrected chi connectivity index (χ4v) is 1.74. The van der Waals surface area contributed by atoms with Gasteiger partial charge in [0.15, 0.2) is 0 Å². The molecule has 0 radical (unpaired) electrons. The standard InChI is InChI=1S/C11H13ClFNO3/c1-17-7-9(12)3-2-8-6-10(13)4-5-11(8)14(15)16/h4-6,9H,2-3,7H2,1H3. The second-order valence-electron chi connectivity index (χ2n) is 3.62. The second kappa shape index (κ2) is 6.51. The quantitative estimate of drug-likeness (QED) is 0.449. The van der Waals surface area contributed by atoms with E-state index in [1.54, 1.807) is 0 Å². The molecule has 0 aromatic heterocycles. The SMILES string of the molecule is COCC(Cl)CCc1cc(F)ccc1[N+](=O)[O-]. The minimum absolute atomic E-state index is 0.0762. The van der Waals surface area contributed by atoms with Crippen LogP contribution in [0.2, 0.25) is 0 Å². The van der Waals surface area contributed by atoms with Gasteiger partial charge in [-0.25, -0.2) is 4.39 Å². The van der Waals surface area contributed by atoms with Crippen LogP contribution in [0.4, 0.5) is 10.1 Å². The monoisotopic (exact) mass is 261 g/mol. The van der Waals surface area contributed by atoms with Crippen LogP contribution in [0.1, 0.15) is 12.0 Å². The van der Waals surface area contributed by atoms with Gasteiger partial charge in [-0.2, -0.15) is 0 Å². The first-order chi connectivity index (χ1) is 8.04. The van der Waals surface area contributed by atoms with Crippen LogP contribution in [0.15, 0.2) is 18.2 Å². The van der Waals surface area contributed by atoms with E-state index in [9.17, 15) is 14.5 Å². The number of ether oxygens (including phenoxy) is 1. The summed E-state index contributed by atoms with van der Waals surface area (Å²) in [5.41, 5.74) is 0.282. The van der Waals surface area contributed by atoms with Crippen molar-refractivity contribution in [2.45, 2.75) is 18.2 Å². The highest BCUT2D eigenvalue weighted by Gasteiger charge is 2.15. The number of aryl methyl sites for hydroxylation is 1. The van der Waals surface area contributed by atoms with Crippen LogP contribution in [-0.4, -0.2) is 24.0 Å². The highest BCUT2D eigenvalue weighted by molar-refractivity contribution is 6.20. The van der Waals surface area contributed by atoms with E-state index in [4.69, 9.17) is 16.3 Å². The number of nitro benzene ring substituents is 1. The highest BCUT2D eigenvalue weighted by atomic mass is 35.5. The molecule has 0 bridgehead atoms. The summed E-state index contributed by atoms with van der Waals surface area (Å²) in [5.74, 6) is -0.483. The summed E-state index contributed by atoms with van der Waals surface area (Å²) >= 11 is 5.91. The summed E-state index contributed by atoms with van der Waals surface area (Å²) in [6, 6.07) is 3.42. The number of nitro groups is 1. The molecule has 4 nitrogen and oxygen atoms in total.